The van der Waals surface area contributed by atoms with Gasteiger partial charge in [0.05, 0.1) is 5.02 Å². The number of aromatic amines is 1. The lowest BCUT2D eigenvalue weighted by molar-refractivity contribution is 0.0946. The van der Waals surface area contributed by atoms with Crippen molar-refractivity contribution in [1.29, 1.82) is 0 Å². The minimum atomic E-state index is -0.148. The van der Waals surface area contributed by atoms with Gasteiger partial charge >= 0.3 is 0 Å². The molecule has 2 aromatic rings. The number of nitrogens with one attached hydrogen (secondary N) is 3. The summed E-state index contributed by atoms with van der Waals surface area (Å²) in [5.74, 6) is -0.148. The van der Waals surface area contributed by atoms with E-state index in [1.807, 2.05) is 6.07 Å². The van der Waals surface area contributed by atoms with Crippen LogP contribution in [-0.2, 0) is 19.6 Å². The predicted molar refractivity (Wildman–Crippen MR) is 74.0 cm³/mol. The van der Waals surface area contributed by atoms with E-state index in [-0.39, 0.29) is 5.91 Å². The molecular weight excluding hydrogens is 262 g/mol. The molecule has 1 aromatic carbocycles. The van der Waals surface area contributed by atoms with Crippen molar-refractivity contribution in [3.8, 4) is 0 Å². The highest BCUT2D eigenvalue weighted by atomic mass is 35.5. The third kappa shape index (κ3) is 2.64. The second kappa shape index (κ2) is 5.07. The third-order valence-corrected chi connectivity index (χ3v) is 3.47. The quantitative estimate of drug-likeness (QED) is 0.804. The Morgan fingerprint density at radius 1 is 1.26 bits per heavy atom. The highest BCUT2D eigenvalue weighted by Gasteiger charge is 2.11. The number of fused-ring (bicyclic) bond motifs is 1. The Hall–Kier alpha value is -1.78. The third-order valence-electron chi connectivity index (χ3n) is 3.25. The molecule has 3 rings (SSSR count). The summed E-state index contributed by atoms with van der Waals surface area (Å²) in [6.45, 7) is 2.36. The number of halogens is 1. The molecule has 2 heterocycles. The molecule has 0 saturated carbocycles. The van der Waals surface area contributed by atoms with Gasteiger partial charge in [0.2, 0.25) is 0 Å². The number of amides is 1. The van der Waals surface area contributed by atoms with E-state index in [9.17, 15) is 4.79 Å². The number of rotatable bonds is 3. The Morgan fingerprint density at radius 2 is 2.11 bits per heavy atom. The van der Waals surface area contributed by atoms with E-state index in [4.69, 9.17) is 11.6 Å². The fraction of sp³-hybridized carbons (Fsp3) is 0.214. The Kier molecular flexibility index (Phi) is 3.27. The summed E-state index contributed by atoms with van der Waals surface area (Å²) < 4.78 is 0. The standard InChI is InChI=1S/C14H14ClN3O/c15-12-4-13(17-8-12)14(19)18-5-9-1-2-10-6-16-7-11(10)3-9/h1-4,8,16-17H,5-7H2,(H,18,19). The van der Waals surface area contributed by atoms with Crippen molar-refractivity contribution in [2.75, 3.05) is 0 Å². The zero-order chi connectivity index (χ0) is 13.2. The fourth-order valence-electron chi connectivity index (χ4n) is 2.23. The second-order valence-corrected chi connectivity index (χ2v) is 5.06. The molecule has 0 saturated heterocycles. The average Bonchev–Trinajstić information content (AvgIpc) is 3.03. The Bertz CT molecular complexity index is 621. The summed E-state index contributed by atoms with van der Waals surface area (Å²) >= 11 is 5.77. The Labute approximate surface area is 116 Å². The molecule has 3 N–H and O–H groups in total. The van der Waals surface area contributed by atoms with E-state index in [0.717, 1.165) is 18.7 Å². The molecule has 1 aliphatic rings. The Balaban J connectivity index is 1.64. The van der Waals surface area contributed by atoms with Crippen molar-refractivity contribution in [2.24, 2.45) is 0 Å². The summed E-state index contributed by atoms with van der Waals surface area (Å²) in [4.78, 5) is 14.7. The van der Waals surface area contributed by atoms with Crippen LogP contribution in [0.15, 0.2) is 30.5 Å². The summed E-state index contributed by atoms with van der Waals surface area (Å²) in [7, 11) is 0. The molecule has 0 spiro atoms. The number of carbonyl (C=O) groups excluding carboxylic acids is 1. The van der Waals surface area contributed by atoms with Gasteiger partial charge in [0.1, 0.15) is 5.69 Å². The van der Waals surface area contributed by atoms with Crippen LogP contribution < -0.4 is 10.6 Å². The zero-order valence-corrected chi connectivity index (χ0v) is 11.1. The first-order valence-electron chi connectivity index (χ1n) is 6.16. The molecule has 19 heavy (non-hydrogen) atoms. The maximum Gasteiger partial charge on any atom is 0.268 e. The first-order valence-corrected chi connectivity index (χ1v) is 6.54. The van der Waals surface area contributed by atoms with Gasteiger partial charge in [-0.1, -0.05) is 29.8 Å². The fourth-order valence-corrected chi connectivity index (χ4v) is 2.40. The molecule has 0 aliphatic carbocycles. The first kappa shape index (κ1) is 12.3. The van der Waals surface area contributed by atoms with Crippen LogP contribution in [0.5, 0.6) is 0 Å². The van der Waals surface area contributed by atoms with Crippen LogP contribution in [0.2, 0.25) is 5.02 Å². The summed E-state index contributed by atoms with van der Waals surface area (Å²) in [6.07, 6.45) is 1.59. The van der Waals surface area contributed by atoms with Gasteiger partial charge in [-0.05, 0) is 22.8 Å². The van der Waals surface area contributed by atoms with Crippen LogP contribution in [0, 0.1) is 0 Å². The maximum atomic E-state index is 11.9. The minimum Gasteiger partial charge on any atom is -0.356 e. The van der Waals surface area contributed by atoms with E-state index in [1.165, 1.54) is 11.1 Å². The van der Waals surface area contributed by atoms with Crippen LogP contribution in [0.4, 0.5) is 0 Å². The van der Waals surface area contributed by atoms with Gasteiger partial charge in [0.25, 0.3) is 5.91 Å². The van der Waals surface area contributed by atoms with E-state index >= 15 is 0 Å². The molecule has 1 aromatic heterocycles. The van der Waals surface area contributed by atoms with Gasteiger partial charge in [-0.25, -0.2) is 0 Å². The smallest absolute Gasteiger partial charge is 0.268 e. The number of aromatic nitrogens is 1. The van der Waals surface area contributed by atoms with Crippen LogP contribution >= 0.6 is 11.6 Å². The topological polar surface area (TPSA) is 56.9 Å². The molecule has 4 nitrogen and oxygen atoms in total. The van der Waals surface area contributed by atoms with Crippen molar-refractivity contribution < 1.29 is 4.79 Å². The monoisotopic (exact) mass is 275 g/mol. The molecule has 1 aliphatic heterocycles. The van der Waals surface area contributed by atoms with Gasteiger partial charge in [0.15, 0.2) is 0 Å². The Morgan fingerprint density at radius 3 is 2.89 bits per heavy atom. The van der Waals surface area contributed by atoms with E-state index in [0.29, 0.717) is 17.3 Å². The maximum absolute atomic E-state index is 11.9. The molecule has 0 radical (unpaired) electrons. The lowest BCUT2D eigenvalue weighted by Gasteiger charge is -2.06. The number of carbonyl (C=O) groups is 1. The van der Waals surface area contributed by atoms with Crippen LogP contribution in [0.3, 0.4) is 0 Å². The number of H-pyrrole nitrogens is 1. The molecule has 0 unspecified atom stereocenters. The number of hydrogen-bond donors (Lipinski definition) is 3. The lowest BCUT2D eigenvalue weighted by atomic mass is 10.1. The highest BCUT2D eigenvalue weighted by Crippen LogP contribution is 2.17. The molecule has 0 atom stereocenters. The number of benzene rings is 1. The second-order valence-electron chi connectivity index (χ2n) is 4.62. The molecule has 1 amide bonds. The van der Waals surface area contributed by atoms with Gasteiger partial charge < -0.3 is 15.6 Å². The first-order chi connectivity index (χ1) is 9.22. The largest absolute Gasteiger partial charge is 0.356 e. The SMILES string of the molecule is O=C(NCc1ccc2c(c1)CNC2)c1cc(Cl)c[nH]1. The van der Waals surface area contributed by atoms with Gasteiger partial charge in [-0.3, -0.25) is 4.79 Å². The van der Waals surface area contributed by atoms with Crippen molar-refractivity contribution in [3.63, 3.8) is 0 Å². The van der Waals surface area contributed by atoms with E-state index in [1.54, 1.807) is 12.3 Å². The molecule has 0 bridgehead atoms. The molecular formula is C14H14ClN3O. The molecule has 0 fully saturated rings. The van der Waals surface area contributed by atoms with Crippen molar-refractivity contribution in [2.45, 2.75) is 19.6 Å². The van der Waals surface area contributed by atoms with Crippen LogP contribution in [0.25, 0.3) is 0 Å². The molecule has 98 valence electrons. The van der Waals surface area contributed by atoms with Gasteiger partial charge in [0, 0.05) is 25.8 Å². The van der Waals surface area contributed by atoms with Crippen LogP contribution in [-0.4, -0.2) is 10.9 Å². The molecule has 5 heteroatoms. The summed E-state index contributed by atoms with van der Waals surface area (Å²) in [5, 5.41) is 6.71. The summed E-state index contributed by atoms with van der Waals surface area (Å²) in [5.41, 5.74) is 4.24. The van der Waals surface area contributed by atoms with E-state index in [2.05, 4.69) is 27.8 Å². The van der Waals surface area contributed by atoms with Gasteiger partial charge in [-0.15, -0.1) is 0 Å². The average molecular weight is 276 g/mol. The van der Waals surface area contributed by atoms with Crippen molar-refractivity contribution >= 4 is 17.5 Å². The zero-order valence-electron chi connectivity index (χ0n) is 10.3. The summed E-state index contributed by atoms with van der Waals surface area (Å²) in [6, 6.07) is 7.91. The lowest BCUT2D eigenvalue weighted by Crippen LogP contribution is -2.23. The van der Waals surface area contributed by atoms with E-state index < -0.39 is 0 Å². The van der Waals surface area contributed by atoms with Crippen LogP contribution in [0.1, 0.15) is 27.2 Å². The number of hydrogen-bond acceptors (Lipinski definition) is 2. The predicted octanol–water partition coefficient (Wildman–Crippen LogP) is 2.20. The normalized spacial score (nSPS) is 13.3. The van der Waals surface area contributed by atoms with Gasteiger partial charge in [-0.2, -0.15) is 0 Å². The minimum absolute atomic E-state index is 0.148. The highest BCUT2D eigenvalue weighted by molar-refractivity contribution is 6.30. The van der Waals surface area contributed by atoms with Crippen molar-refractivity contribution in [3.05, 3.63) is 57.9 Å². The van der Waals surface area contributed by atoms with Crippen molar-refractivity contribution in [1.82, 2.24) is 15.6 Å².